The lowest BCUT2D eigenvalue weighted by atomic mass is 10.1. The predicted molar refractivity (Wildman–Crippen MR) is 80.3 cm³/mol. The van der Waals surface area contributed by atoms with E-state index in [2.05, 4.69) is 4.98 Å². The van der Waals surface area contributed by atoms with Gasteiger partial charge < -0.3 is 15.0 Å². The highest BCUT2D eigenvalue weighted by Gasteiger charge is 2.47. The highest BCUT2D eigenvalue weighted by Crippen LogP contribution is 2.32. The monoisotopic (exact) mass is 344 g/mol. The van der Waals surface area contributed by atoms with E-state index < -0.39 is 24.1 Å². The summed E-state index contributed by atoms with van der Waals surface area (Å²) in [5.74, 6) is -2.09. The molecule has 22 heavy (non-hydrogen) atoms. The van der Waals surface area contributed by atoms with E-state index in [1.165, 1.54) is 0 Å². The van der Waals surface area contributed by atoms with Crippen LogP contribution in [0.4, 0.5) is 4.39 Å². The van der Waals surface area contributed by atoms with Gasteiger partial charge in [-0.3, -0.25) is 4.79 Å². The Bertz CT molecular complexity index is 792. The van der Waals surface area contributed by atoms with Crippen molar-refractivity contribution in [3.63, 3.8) is 0 Å². The smallest absolute Gasteiger partial charge is 0.343 e. The fourth-order valence-electron chi connectivity index (χ4n) is 2.56. The molecule has 1 aliphatic rings. The van der Waals surface area contributed by atoms with E-state index in [9.17, 15) is 14.0 Å². The fourth-order valence-corrected chi connectivity index (χ4v) is 3.01. The SMILES string of the molecule is O=C(c1[nH]c2ccc(Cl)cc2c1Cl)N1CCC(F)(C(=O)O)C1. The van der Waals surface area contributed by atoms with Gasteiger partial charge in [0.25, 0.3) is 5.91 Å². The molecule has 8 heteroatoms. The highest BCUT2D eigenvalue weighted by molar-refractivity contribution is 6.39. The molecule has 1 unspecified atom stereocenters. The van der Waals surface area contributed by atoms with Crippen molar-refractivity contribution in [2.24, 2.45) is 0 Å². The number of likely N-dealkylation sites (tertiary alicyclic amines) is 1. The van der Waals surface area contributed by atoms with E-state index in [0.29, 0.717) is 15.9 Å². The number of amides is 1. The summed E-state index contributed by atoms with van der Waals surface area (Å²) in [6.07, 6.45) is -0.238. The molecule has 3 rings (SSSR count). The minimum Gasteiger partial charge on any atom is -0.479 e. The van der Waals surface area contributed by atoms with Gasteiger partial charge in [-0.15, -0.1) is 0 Å². The second-order valence-corrected chi connectivity index (χ2v) is 6.07. The third-order valence-electron chi connectivity index (χ3n) is 3.80. The van der Waals surface area contributed by atoms with Crippen LogP contribution in [0.15, 0.2) is 18.2 Å². The van der Waals surface area contributed by atoms with Crippen LogP contribution in [0.5, 0.6) is 0 Å². The van der Waals surface area contributed by atoms with Crippen LogP contribution < -0.4 is 0 Å². The number of alkyl halides is 1. The molecule has 1 amide bonds. The standard InChI is InChI=1S/C14H11Cl2FN2O3/c15-7-1-2-9-8(5-7)10(16)11(18-9)12(20)19-4-3-14(17,6-19)13(21)22/h1-2,5,18H,3-4,6H2,(H,21,22). The first-order valence-corrected chi connectivity index (χ1v) is 7.26. The van der Waals surface area contributed by atoms with E-state index >= 15 is 0 Å². The van der Waals surface area contributed by atoms with Gasteiger partial charge in [0.1, 0.15) is 5.69 Å². The highest BCUT2D eigenvalue weighted by atomic mass is 35.5. The molecule has 0 saturated carbocycles. The Morgan fingerprint density at radius 2 is 2.09 bits per heavy atom. The van der Waals surface area contributed by atoms with E-state index in [1.807, 2.05) is 0 Å². The number of nitrogens with one attached hydrogen (secondary N) is 1. The molecule has 1 atom stereocenters. The molecule has 2 heterocycles. The van der Waals surface area contributed by atoms with Crippen molar-refractivity contribution in [3.05, 3.63) is 33.9 Å². The molecule has 116 valence electrons. The summed E-state index contributed by atoms with van der Waals surface area (Å²) in [6, 6.07) is 4.95. The van der Waals surface area contributed by atoms with Crippen LogP contribution >= 0.6 is 23.2 Å². The molecule has 5 nitrogen and oxygen atoms in total. The Balaban J connectivity index is 1.94. The molecule has 1 aliphatic heterocycles. The van der Waals surface area contributed by atoms with Crippen molar-refractivity contribution < 1.29 is 19.1 Å². The second-order valence-electron chi connectivity index (χ2n) is 5.25. The lowest BCUT2D eigenvalue weighted by Gasteiger charge is -2.17. The predicted octanol–water partition coefficient (Wildman–Crippen LogP) is 3.11. The number of hydrogen-bond acceptors (Lipinski definition) is 2. The molecular weight excluding hydrogens is 334 g/mol. The summed E-state index contributed by atoms with van der Waals surface area (Å²) in [4.78, 5) is 27.4. The number of hydrogen-bond donors (Lipinski definition) is 2. The number of aliphatic carboxylic acids is 1. The first-order valence-electron chi connectivity index (χ1n) is 6.50. The molecule has 0 spiro atoms. The second kappa shape index (κ2) is 5.14. The molecule has 0 bridgehead atoms. The molecular formula is C14H11Cl2FN2O3. The van der Waals surface area contributed by atoms with E-state index in [-0.39, 0.29) is 23.7 Å². The van der Waals surface area contributed by atoms with Gasteiger partial charge in [0.2, 0.25) is 5.67 Å². The maximum Gasteiger partial charge on any atom is 0.343 e. The Morgan fingerprint density at radius 1 is 1.36 bits per heavy atom. The Hall–Kier alpha value is -1.79. The molecule has 1 aromatic heterocycles. The van der Waals surface area contributed by atoms with E-state index in [4.69, 9.17) is 28.3 Å². The average molecular weight is 345 g/mol. The van der Waals surface area contributed by atoms with Crippen molar-refractivity contribution in [3.8, 4) is 0 Å². The van der Waals surface area contributed by atoms with Gasteiger partial charge in [0.15, 0.2) is 0 Å². The average Bonchev–Trinajstić information content (AvgIpc) is 3.01. The largest absolute Gasteiger partial charge is 0.479 e. The van der Waals surface area contributed by atoms with Gasteiger partial charge in [-0.1, -0.05) is 23.2 Å². The van der Waals surface area contributed by atoms with Crippen LogP contribution in [-0.2, 0) is 4.79 Å². The normalized spacial score (nSPS) is 21.5. The molecule has 2 aromatic rings. The summed E-state index contributed by atoms with van der Waals surface area (Å²) in [7, 11) is 0. The number of H-pyrrole nitrogens is 1. The summed E-state index contributed by atoms with van der Waals surface area (Å²) < 4.78 is 14.1. The molecule has 1 saturated heterocycles. The molecule has 0 radical (unpaired) electrons. The first kappa shape index (κ1) is 15.1. The number of fused-ring (bicyclic) bond motifs is 1. The Kier molecular flexibility index (Phi) is 3.53. The lowest BCUT2D eigenvalue weighted by molar-refractivity contribution is -0.149. The first-order chi connectivity index (χ1) is 10.3. The van der Waals surface area contributed by atoms with Crippen molar-refractivity contribution in [2.75, 3.05) is 13.1 Å². The number of carbonyl (C=O) groups excluding carboxylic acids is 1. The number of carboxylic acids is 1. The minimum atomic E-state index is -2.41. The summed E-state index contributed by atoms with van der Waals surface area (Å²) in [5, 5.41) is 10.1. The van der Waals surface area contributed by atoms with Crippen LogP contribution in [0.25, 0.3) is 10.9 Å². The van der Waals surface area contributed by atoms with Gasteiger partial charge in [-0.05, 0) is 18.2 Å². The van der Waals surface area contributed by atoms with Crippen LogP contribution in [0.2, 0.25) is 10.0 Å². The number of nitrogens with zero attached hydrogens (tertiary/aromatic N) is 1. The zero-order valence-electron chi connectivity index (χ0n) is 11.2. The zero-order chi connectivity index (χ0) is 16.1. The Labute approximate surface area is 134 Å². The summed E-state index contributed by atoms with van der Waals surface area (Å²) >= 11 is 12.1. The van der Waals surface area contributed by atoms with E-state index in [0.717, 1.165) is 4.90 Å². The molecule has 1 fully saturated rings. The molecule has 2 N–H and O–H groups in total. The quantitative estimate of drug-likeness (QED) is 0.878. The van der Waals surface area contributed by atoms with Crippen LogP contribution in [-0.4, -0.2) is 45.6 Å². The van der Waals surface area contributed by atoms with Crippen LogP contribution in [0.3, 0.4) is 0 Å². The summed E-state index contributed by atoms with van der Waals surface area (Å²) in [6.45, 7) is -0.471. The van der Waals surface area contributed by atoms with Gasteiger partial charge in [-0.25, -0.2) is 9.18 Å². The lowest BCUT2D eigenvalue weighted by Crippen LogP contribution is -2.39. The maximum atomic E-state index is 14.1. The minimum absolute atomic E-state index is 0.0219. The van der Waals surface area contributed by atoms with Crippen LogP contribution in [0.1, 0.15) is 16.9 Å². The topological polar surface area (TPSA) is 73.4 Å². The van der Waals surface area contributed by atoms with Crippen molar-refractivity contribution in [2.45, 2.75) is 12.1 Å². The number of benzene rings is 1. The number of aromatic amines is 1. The number of rotatable bonds is 2. The number of aromatic nitrogens is 1. The molecule has 0 aliphatic carbocycles. The van der Waals surface area contributed by atoms with Gasteiger partial charge >= 0.3 is 5.97 Å². The third kappa shape index (κ3) is 2.32. The third-order valence-corrected chi connectivity index (χ3v) is 4.43. The maximum absolute atomic E-state index is 14.1. The van der Waals surface area contributed by atoms with Crippen molar-refractivity contribution >= 4 is 46.0 Å². The Morgan fingerprint density at radius 3 is 2.73 bits per heavy atom. The van der Waals surface area contributed by atoms with Gasteiger partial charge in [0.05, 0.1) is 11.6 Å². The number of carboxylic acid groups (broad SMARTS) is 1. The van der Waals surface area contributed by atoms with E-state index in [1.54, 1.807) is 18.2 Å². The van der Waals surface area contributed by atoms with Gasteiger partial charge in [0, 0.05) is 28.9 Å². The van der Waals surface area contributed by atoms with Crippen molar-refractivity contribution in [1.29, 1.82) is 0 Å². The fraction of sp³-hybridized carbons (Fsp3) is 0.286. The number of halogens is 3. The summed E-state index contributed by atoms with van der Waals surface area (Å²) in [5.41, 5.74) is -1.67. The molecule has 1 aromatic carbocycles. The zero-order valence-corrected chi connectivity index (χ0v) is 12.7. The van der Waals surface area contributed by atoms with Gasteiger partial charge in [-0.2, -0.15) is 0 Å². The number of carbonyl (C=O) groups is 2. The van der Waals surface area contributed by atoms with Crippen LogP contribution in [0, 0.1) is 0 Å². The van der Waals surface area contributed by atoms with Crippen molar-refractivity contribution in [1.82, 2.24) is 9.88 Å².